The van der Waals surface area contributed by atoms with E-state index in [1.165, 1.54) is 0 Å². The lowest BCUT2D eigenvalue weighted by molar-refractivity contribution is 0.0187. The molecule has 9 nitrogen and oxygen atoms in total. The highest BCUT2D eigenvalue weighted by Crippen LogP contribution is 2.26. The SMILES string of the molecule is CC(C)(C)OC(=O)N1CCC(n2cccc2C(=O)NCc2cccc(NC(=O)N3CCCC3)c2)CC1. The van der Waals surface area contributed by atoms with Crippen molar-refractivity contribution in [3.05, 3.63) is 53.9 Å². The summed E-state index contributed by atoms with van der Waals surface area (Å²) in [5.41, 5.74) is 1.72. The Labute approximate surface area is 212 Å². The standard InChI is InChI=1S/C27H37N5O4/c1-27(2,3)36-26(35)31-16-11-22(12-17-31)32-15-7-10-23(32)24(33)28-19-20-8-6-9-21(18-20)29-25(34)30-13-4-5-14-30/h6-10,15,18,22H,4-5,11-14,16-17,19H2,1-3H3,(H,28,33)(H,29,34). The minimum Gasteiger partial charge on any atom is -0.444 e. The van der Waals surface area contributed by atoms with Gasteiger partial charge in [-0.05, 0) is 76.3 Å². The molecule has 4 rings (SSSR count). The van der Waals surface area contributed by atoms with Crippen LogP contribution in [0.1, 0.15) is 68.5 Å². The van der Waals surface area contributed by atoms with E-state index in [0.29, 0.717) is 25.3 Å². The molecule has 3 heterocycles. The Morgan fingerprint density at radius 1 is 0.972 bits per heavy atom. The van der Waals surface area contributed by atoms with Crippen LogP contribution in [-0.2, 0) is 11.3 Å². The average Bonchev–Trinajstić information content (AvgIpc) is 3.54. The van der Waals surface area contributed by atoms with Gasteiger partial charge in [0.25, 0.3) is 5.91 Å². The first kappa shape index (κ1) is 25.6. The number of anilines is 1. The molecular weight excluding hydrogens is 458 g/mol. The van der Waals surface area contributed by atoms with E-state index in [-0.39, 0.29) is 24.1 Å². The Bertz CT molecular complexity index is 1080. The van der Waals surface area contributed by atoms with E-state index < -0.39 is 5.60 Å². The van der Waals surface area contributed by atoms with Crippen LogP contribution in [0.4, 0.5) is 15.3 Å². The summed E-state index contributed by atoms with van der Waals surface area (Å²) in [4.78, 5) is 41.3. The largest absolute Gasteiger partial charge is 0.444 e. The number of carbonyl (C=O) groups is 3. The number of piperidine rings is 1. The number of rotatable bonds is 5. The topological polar surface area (TPSA) is 95.9 Å². The second kappa shape index (κ2) is 11.1. The van der Waals surface area contributed by atoms with E-state index in [9.17, 15) is 14.4 Å². The molecular formula is C27H37N5O4. The maximum Gasteiger partial charge on any atom is 0.410 e. The maximum atomic E-state index is 13.0. The molecule has 2 aromatic rings. The summed E-state index contributed by atoms with van der Waals surface area (Å²) in [6, 6.07) is 11.3. The van der Waals surface area contributed by atoms with Crippen molar-refractivity contribution in [3.63, 3.8) is 0 Å². The number of nitrogens with zero attached hydrogens (tertiary/aromatic N) is 3. The van der Waals surface area contributed by atoms with Crippen molar-refractivity contribution >= 4 is 23.7 Å². The van der Waals surface area contributed by atoms with Crippen LogP contribution in [-0.4, -0.2) is 64.2 Å². The molecule has 0 aliphatic carbocycles. The summed E-state index contributed by atoms with van der Waals surface area (Å²) in [6.45, 7) is 8.72. The predicted octanol–water partition coefficient (Wildman–Crippen LogP) is 4.62. The smallest absolute Gasteiger partial charge is 0.410 e. The van der Waals surface area contributed by atoms with Crippen molar-refractivity contribution in [3.8, 4) is 0 Å². The van der Waals surface area contributed by atoms with E-state index >= 15 is 0 Å². The molecule has 0 unspecified atom stereocenters. The second-order valence-electron chi connectivity index (χ2n) is 10.5. The highest BCUT2D eigenvalue weighted by molar-refractivity contribution is 5.93. The summed E-state index contributed by atoms with van der Waals surface area (Å²) in [6.07, 6.45) is 5.25. The highest BCUT2D eigenvalue weighted by atomic mass is 16.6. The summed E-state index contributed by atoms with van der Waals surface area (Å²) in [5, 5.41) is 5.95. The third-order valence-electron chi connectivity index (χ3n) is 6.55. The Morgan fingerprint density at radius 2 is 1.69 bits per heavy atom. The van der Waals surface area contributed by atoms with Crippen molar-refractivity contribution in [1.82, 2.24) is 19.7 Å². The molecule has 1 aromatic heterocycles. The van der Waals surface area contributed by atoms with Gasteiger partial charge >= 0.3 is 12.1 Å². The van der Waals surface area contributed by atoms with Gasteiger partial charge in [-0.2, -0.15) is 0 Å². The summed E-state index contributed by atoms with van der Waals surface area (Å²) >= 11 is 0. The number of nitrogens with one attached hydrogen (secondary N) is 2. The van der Waals surface area contributed by atoms with Crippen LogP contribution in [0.5, 0.6) is 0 Å². The molecule has 9 heteroatoms. The van der Waals surface area contributed by atoms with Crippen molar-refractivity contribution < 1.29 is 19.1 Å². The third kappa shape index (κ3) is 6.59. The van der Waals surface area contributed by atoms with Gasteiger partial charge < -0.3 is 29.7 Å². The van der Waals surface area contributed by atoms with Gasteiger partial charge in [-0.25, -0.2) is 9.59 Å². The lowest BCUT2D eigenvalue weighted by Crippen LogP contribution is -2.42. The maximum absolute atomic E-state index is 13.0. The first-order chi connectivity index (χ1) is 17.2. The van der Waals surface area contributed by atoms with Crippen LogP contribution in [0.2, 0.25) is 0 Å². The Kier molecular flexibility index (Phi) is 7.86. The minimum atomic E-state index is -0.515. The monoisotopic (exact) mass is 495 g/mol. The molecule has 0 atom stereocenters. The summed E-state index contributed by atoms with van der Waals surface area (Å²) in [7, 11) is 0. The van der Waals surface area contributed by atoms with Gasteiger partial charge in [-0.1, -0.05) is 12.1 Å². The second-order valence-corrected chi connectivity index (χ2v) is 10.5. The fourth-order valence-electron chi connectivity index (χ4n) is 4.71. The van der Waals surface area contributed by atoms with Crippen LogP contribution >= 0.6 is 0 Å². The Morgan fingerprint density at radius 3 is 2.39 bits per heavy atom. The molecule has 4 amide bonds. The van der Waals surface area contributed by atoms with E-state index in [0.717, 1.165) is 50.0 Å². The van der Waals surface area contributed by atoms with Crippen LogP contribution < -0.4 is 10.6 Å². The number of likely N-dealkylation sites (tertiary alicyclic amines) is 2. The number of amides is 4. The van der Waals surface area contributed by atoms with Crippen molar-refractivity contribution in [2.45, 2.75) is 64.6 Å². The fourth-order valence-corrected chi connectivity index (χ4v) is 4.71. The number of urea groups is 1. The van der Waals surface area contributed by atoms with Crippen molar-refractivity contribution in [2.24, 2.45) is 0 Å². The number of hydrogen-bond acceptors (Lipinski definition) is 4. The van der Waals surface area contributed by atoms with Gasteiger partial charge in [0.2, 0.25) is 0 Å². The molecule has 0 saturated carbocycles. The fraction of sp³-hybridized carbons (Fsp3) is 0.519. The molecule has 36 heavy (non-hydrogen) atoms. The zero-order valence-corrected chi connectivity index (χ0v) is 21.5. The number of ether oxygens (including phenoxy) is 1. The Hall–Kier alpha value is -3.49. The highest BCUT2D eigenvalue weighted by Gasteiger charge is 2.28. The van der Waals surface area contributed by atoms with Gasteiger partial charge in [0, 0.05) is 50.6 Å². The molecule has 2 saturated heterocycles. The minimum absolute atomic E-state index is 0.0794. The predicted molar refractivity (Wildman–Crippen MR) is 138 cm³/mol. The van der Waals surface area contributed by atoms with E-state index in [2.05, 4.69) is 10.6 Å². The Balaban J connectivity index is 1.30. The zero-order valence-electron chi connectivity index (χ0n) is 21.5. The molecule has 0 radical (unpaired) electrons. The normalized spacial score (nSPS) is 16.6. The van der Waals surface area contributed by atoms with Gasteiger partial charge in [0.05, 0.1) is 0 Å². The molecule has 0 bridgehead atoms. The van der Waals surface area contributed by atoms with Crippen LogP contribution in [0.3, 0.4) is 0 Å². The van der Waals surface area contributed by atoms with Crippen molar-refractivity contribution in [1.29, 1.82) is 0 Å². The molecule has 1 aromatic carbocycles. The number of aromatic nitrogens is 1. The lowest BCUT2D eigenvalue weighted by atomic mass is 10.0. The summed E-state index contributed by atoms with van der Waals surface area (Å²) < 4.78 is 7.49. The van der Waals surface area contributed by atoms with E-state index in [1.54, 1.807) is 4.90 Å². The number of benzene rings is 1. The van der Waals surface area contributed by atoms with Gasteiger partial charge in [-0.3, -0.25) is 4.79 Å². The lowest BCUT2D eigenvalue weighted by Gasteiger charge is -2.34. The molecule has 2 fully saturated rings. The molecule has 0 spiro atoms. The quantitative estimate of drug-likeness (QED) is 0.633. The van der Waals surface area contributed by atoms with E-state index in [4.69, 9.17) is 4.74 Å². The van der Waals surface area contributed by atoms with E-state index in [1.807, 2.05) is 72.8 Å². The summed E-state index contributed by atoms with van der Waals surface area (Å²) in [5.74, 6) is -0.152. The van der Waals surface area contributed by atoms with Crippen molar-refractivity contribution in [2.75, 3.05) is 31.5 Å². The van der Waals surface area contributed by atoms with Gasteiger partial charge in [0.15, 0.2) is 0 Å². The molecule has 2 aliphatic heterocycles. The average molecular weight is 496 g/mol. The number of carbonyl (C=O) groups excluding carboxylic acids is 3. The van der Waals surface area contributed by atoms with Crippen LogP contribution in [0.15, 0.2) is 42.6 Å². The first-order valence-electron chi connectivity index (χ1n) is 12.8. The zero-order chi connectivity index (χ0) is 25.7. The number of hydrogen-bond donors (Lipinski definition) is 2. The molecule has 194 valence electrons. The van der Waals surface area contributed by atoms with Crippen LogP contribution in [0.25, 0.3) is 0 Å². The first-order valence-corrected chi connectivity index (χ1v) is 12.8. The third-order valence-corrected chi connectivity index (χ3v) is 6.55. The molecule has 2 aliphatic rings. The van der Waals surface area contributed by atoms with Crippen LogP contribution in [0, 0.1) is 0 Å². The van der Waals surface area contributed by atoms with Gasteiger partial charge in [-0.15, -0.1) is 0 Å². The molecule has 2 N–H and O–H groups in total. The van der Waals surface area contributed by atoms with Gasteiger partial charge in [0.1, 0.15) is 11.3 Å².